The Balaban J connectivity index is 1.58. The molecule has 4 rings (SSSR count). The van der Waals surface area contributed by atoms with Crippen molar-refractivity contribution in [3.63, 3.8) is 0 Å². The Bertz CT molecular complexity index is 1040. The molecule has 0 fully saturated rings. The monoisotopic (exact) mass is 342 g/mol. The van der Waals surface area contributed by atoms with Crippen molar-refractivity contribution in [2.24, 2.45) is 5.41 Å². The minimum Gasteiger partial charge on any atom is -0.428 e. The summed E-state index contributed by atoms with van der Waals surface area (Å²) >= 11 is 0. The highest BCUT2D eigenvalue weighted by molar-refractivity contribution is 6.01. The highest BCUT2D eigenvalue weighted by Gasteiger charge is 2.34. The molecule has 26 heavy (non-hydrogen) atoms. The van der Waals surface area contributed by atoms with E-state index in [1.807, 2.05) is 50.2 Å². The molecule has 1 aliphatic carbocycles. The fourth-order valence-electron chi connectivity index (χ4n) is 3.05. The van der Waals surface area contributed by atoms with E-state index in [0.717, 1.165) is 29.7 Å². The molecular weight excluding hydrogens is 324 g/mol. The van der Waals surface area contributed by atoms with Crippen LogP contribution in [0.2, 0.25) is 0 Å². The Kier molecular flexibility index (Phi) is 3.93. The van der Waals surface area contributed by atoms with Crippen molar-refractivity contribution in [1.29, 1.82) is 0 Å². The second-order valence-corrected chi connectivity index (χ2v) is 7.05. The third-order valence-electron chi connectivity index (χ3n) is 4.66. The largest absolute Gasteiger partial charge is 0.428 e. The molecule has 2 heterocycles. The number of fused-ring (bicyclic) bond motifs is 1. The van der Waals surface area contributed by atoms with Crippen LogP contribution in [0.3, 0.4) is 0 Å². The van der Waals surface area contributed by atoms with Crippen molar-refractivity contribution in [3.05, 3.63) is 71.4 Å². The van der Waals surface area contributed by atoms with Gasteiger partial charge in [0.2, 0.25) is 5.89 Å². The van der Waals surface area contributed by atoms with Crippen molar-refractivity contribution < 1.29 is 9.21 Å². The number of benzene rings is 1. The van der Waals surface area contributed by atoms with Gasteiger partial charge in [-0.05, 0) is 48.9 Å². The van der Waals surface area contributed by atoms with Crippen LogP contribution >= 0.6 is 0 Å². The first-order valence-corrected chi connectivity index (χ1v) is 8.61. The first-order valence-electron chi connectivity index (χ1n) is 8.61. The van der Waals surface area contributed by atoms with E-state index in [4.69, 9.17) is 4.42 Å². The number of pyridine rings is 1. The zero-order valence-corrected chi connectivity index (χ0v) is 14.7. The Morgan fingerprint density at radius 3 is 2.69 bits per heavy atom. The molecule has 0 amide bonds. The van der Waals surface area contributed by atoms with Gasteiger partial charge in [0.15, 0.2) is 11.5 Å². The van der Waals surface area contributed by atoms with Crippen LogP contribution in [-0.2, 0) is 6.42 Å². The average Bonchev–Trinajstić information content (AvgIpc) is 3.13. The zero-order valence-electron chi connectivity index (χ0n) is 14.7. The highest BCUT2D eigenvalue weighted by Crippen LogP contribution is 2.33. The Hall–Kier alpha value is -3.19. The standard InChI is InChI=1S/C22H18N2O2/c1-22(2)13-12-19-18(20(22)25)11-9-16(24-19)8-10-17-14-23-21(26-17)15-6-4-3-5-7-15/h3-7,9,11,14H,12-13H2,1-2H3. The number of nitrogens with zero attached hydrogens (tertiary/aromatic N) is 2. The summed E-state index contributed by atoms with van der Waals surface area (Å²) < 4.78 is 5.68. The molecule has 0 N–H and O–H groups in total. The van der Waals surface area contributed by atoms with Crippen LogP contribution in [0, 0.1) is 17.3 Å². The molecule has 4 heteroatoms. The lowest BCUT2D eigenvalue weighted by Gasteiger charge is -2.28. The number of oxazole rings is 1. The molecule has 0 aliphatic heterocycles. The van der Waals surface area contributed by atoms with Gasteiger partial charge in [-0.1, -0.05) is 32.0 Å². The Morgan fingerprint density at radius 2 is 1.88 bits per heavy atom. The predicted octanol–water partition coefficient (Wildman–Crippen LogP) is 4.29. The molecule has 4 nitrogen and oxygen atoms in total. The van der Waals surface area contributed by atoms with E-state index in [1.165, 1.54) is 0 Å². The van der Waals surface area contributed by atoms with E-state index in [-0.39, 0.29) is 11.2 Å². The smallest absolute Gasteiger partial charge is 0.227 e. The van der Waals surface area contributed by atoms with Crippen LogP contribution in [0.1, 0.15) is 47.8 Å². The number of hydrogen-bond acceptors (Lipinski definition) is 4. The summed E-state index contributed by atoms with van der Waals surface area (Å²) in [4.78, 5) is 21.3. The van der Waals surface area contributed by atoms with E-state index >= 15 is 0 Å². The van der Waals surface area contributed by atoms with Gasteiger partial charge in [-0.15, -0.1) is 0 Å². The van der Waals surface area contributed by atoms with Crippen molar-refractivity contribution >= 4 is 5.78 Å². The summed E-state index contributed by atoms with van der Waals surface area (Å²) in [7, 11) is 0. The van der Waals surface area contributed by atoms with Crippen LogP contribution in [0.5, 0.6) is 0 Å². The summed E-state index contributed by atoms with van der Waals surface area (Å²) in [6.07, 6.45) is 3.22. The van der Waals surface area contributed by atoms with Gasteiger partial charge in [-0.25, -0.2) is 9.97 Å². The lowest BCUT2D eigenvalue weighted by Crippen LogP contribution is -2.31. The van der Waals surface area contributed by atoms with Gasteiger partial charge < -0.3 is 4.42 Å². The van der Waals surface area contributed by atoms with Crippen molar-refractivity contribution in [2.45, 2.75) is 26.7 Å². The maximum Gasteiger partial charge on any atom is 0.227 e. The van der Waals surface area contributed by atoms with E-state index in [2.05, 4.69) is 21.8 Å². The second-order valence-electron chi connectivity index (χ2n) is 7.05. The molecule has 2 aromatic heterocycles. The van der Waals surface area contributed by atoms with E-state index in [9.17, 15) is 4.79 Å². The quantitative estimate of drug-likeness (QED) is 0.619. The lowest BCUT2D eigenvalue weighted by molar-refractivity contribution is 0.0809. The van der Waals surface area contributed by atoms with Crippen LogP contribution in [0.15, 0.2) is 53.1 Å². The van der Waals surface area contributed by atoms with Crippen LogP contribution in [0.4, 0.5) is 0 Å². The number of Topliss-reactive ketones (excluding diaryl/α,β-unsaturated/α-hetero) is 1. The van der Waals surface area contributed by atoms with Crippen molar-refractivity contribution in [1.82, 2.24) is 9.97 Å². The first kappa shape index (κ1) is 16.3. The molecule has 0 atom stereocenters. The number of carbonyl (C=O) groups is 1. The number of hydrogen-bond donors (Lipinski definition) is 0. The third-order valence-corrected chi connectivity index (χ3v) is 4.66. The van der Waals surface area contributed by atoms with Gasteiger partial charge in [-0.3, -0.25) is 4.79 Å². The summed E-state index contributed by atoms with van der Waals surface area (Å²) in [5.41, 5.74) is 2.79. The molecule has 128 valence electrons. The number of carbonyl (C=O) groups excluding carboxylic acids is 1. The number of aromatic nitrogens is 2. The predicted molar refractivity (Wildman–Crippen MR) is 98.6 cm³/mol. The van der Waals surface area contributed by atoms with Gasteiger partial charge in [0, 0.05) is 16.5 Å². The van der Waals surface area contributed by atoms with Crippen LogP contribution in [0.25, 0.3) is 11.5 Å². The summed E-state index contributed by atoms with van der Waals surface area (Å²) in [6.45, 7) is 3.97. The zero-order chi connectivity index (χ0) is 18.1. The molecule has 0 unspecified atom stereocenters. The van der Waals surface area contributed by atoms with Crippen molar-refractivity contribution in [3.8, 4) is 23.3 Å². The molecule has 1 aliphatic rings. The molecule has 0 saturated carbocycles. The minimum atomic E-state index is -0.310. The van der Waals surface area contributed by atoms with E-state index in [0.29, 0.717) is 17.3 Å². The number of ketones is 1. The molecule has 0 bridgehead atoms. The molecule has 1 aromatic carbocycles. The Labute approximate surface area is 152 Å². The highest BCUT2D eigenvalue weighted by atomic mass is 16.4. The Morgan fingerprint density at radius 1 is 1.08 bits per heavy atom. The first-order chi connectivity index (χ1) is 12.5. The van der Waals surface area contributed by atoms with E-state index < -0.39 is 0 Å². The van der Waals surface area contributed by atoms with E-state index in [1.54, 1.807) is 12.3 Å². The molecule has 3 aromatic rings. The van der Waals surface area contributed by atoms with Gasteiger partial charge in [-0.2, -0.15) is 0 Å². The number of rotatable bonds is 1. The van der Waals surface area contributed by atoms with Crippen molar-refractivity contribution in [2.75, 3.05) is 0 Å². The fraction of sp³-hybridized carbons (Fsp3) is 0.227. The molecule has 0 radical (unpaired) electrons. The average molecular weight is 342 g/mol. The summed E-state index contributed by atoms with van der Waals surface area (Å²) in [5, 5.41) is 0. The maximum atomic E-state index is 12.5. The van der Waals surface area contributed by atoms with Gasteiger partial charge in [0.25, 0.3) is 0 Å². The third kappa shape index (κ3) is 3.04. The van der Waals surface area contributed by atoms with Gasteiger partial charge in [0.05, 0.1) is 11.9 Å². The topological polar surface area (TPSA) is 56.0 Å². The summed E-state index contributed by atoms with van der Waals surface area (Å²) in [5.74, 6) is 7.15. The summed E-state index contributed by atoms with van der Waals surface area (Å²) in [6, 6.07) is 13.3. The molecule has 0 spiro atoms. The van der Waals surface area contributed by atoms with Gasteiger partial charge >= 0.3 is 0 Å². The minimum absolute atomic E-state index is 0.161. The van der Waals surface area contributed by atoms with Gasteiger partial charge in [0.1, 0.15) is 5.69 Å². The van der Waals surface area contributed by atoms with Crippen LogP contribution in [-0.4, -0.2) is 15.8 Å². The lowest BCUT2D eigenvalue weighted by atomic mass is 9.75. The fourth-order valence-corrected chi connectivity index (χ4v) is 3.05. The SMILES string of the molecule is CC1(C)CCc2nc(C#Cc3cnc(-c4ccccc4)o3)ccc2C1=O. The normalized spacial score (nSPS) is 15.1. The number of aryl methyl sites for hydroxylation is 1. The maximum absolute atomic E-state index is 12.5. The molecular formula is C22H18N2O2. The van der Waals surface area contributed by atoms with Crippen LogP contribution < -0.4 is 0 Å². The molecule has 0 saturated heterocycles. The second kappa shape index (κ2) is 6.27.